The fourth-order valence-corrected chi connectivity index (χ4v) is 1.93. The van der Waals surface area contributed by atoms with Gasteiger partial charge in [-0.15, -0.1) is 6.58 Å². The molecule has 0 saturated carbocycles. The summed E-state index contributed by atoms with van der Waals surface area (Å²) < 4.78 is 19.0. The van der Waals surface area contributed by atoms with Gasteiger partial charge in [0.2, 0.25) is 0 Å². The lowest BCUT2D eigenvalue weighted by molar-refractivity contribution is 0.382. The van der Waals surface area contributed by atoms with Crippen LogP contribution in [-0.4, -0.2) is 19.7 Å². The summed E-state index contributed by atoms with van der Waals surface area (Å²) in [5, 5.41) is 3.40. The lowest BCUT2D eigenvalue weighted by atomic mass is 10.0. The molecule has 0 amide bonds. The van der Waals surface area contributed by atoms with Gasteiger partial charge in [0.15, 0.2) is 11.6 Å². The van der Waals surface area contributed by atoms with E-state index in [-0.39, 0.29) is 11.9 Å². The zero-order chi connectivity index (χ0) is 13.4. The van der Waals surface area contributed by atoms with E-state index in [0.717, 1.165) is 19.4 Å². The molecule has 0 aliphatic rings. The maximum atomic E-state index is 14.0. The summed E-state index contributed by atoms with van der Waals surface area (Å²) in [7, 11) is 1.48. The molecule has 0 spiro atoms. The van der Waals surface area contributed by atoms with Crippen LogP contribution < -0.4 is 10.1 Å². The van der Waals surface area contributed by atoms with Crippen molar-refractivity contribution in [1.82, 2.24) is 5.32 Å². The third-order valence-corrected chi connectivity index (χ3v) is 2.86. The van der Waals surface area contributed by atoms with Gasteiger partial charge in [-0.1, -0.05) is 25.1 Å². The smallest absolute Gasteiger partial charge is 0.168 e. The van der Waals surface area contributed by atoms with Gasteiger partial charge >= 0.3 is 0 Å². The van der Waals surface area contributed by atoms with Crippen molar-refractivity contribution in [2.24, 2.45) is 0 Å². The molecule has 18 heavy (non-hydrogen) atoms. The summed E-state index contributed by atoms with van der Waals surface area (Å²) in [4.78, 5) is 0. The van der Waals surface area contributed by atoms with E-state index in [1.807, 2.05) is 18.2 Å². The van der Waals surface area contributed by atoms with Crippen molar-refractivity contribution in [2.45, 2.75) is 32.2 Å². The molecule has 1 aromatic carbocycles. The first kappa shape index (κ1) is 14.7. The van der Waals surface area contributed by atoms with Gasteiger partial charge in [-0.2, -0.15) is 0 Å². The summed E-state index contributed by atoms with van der Waals surface area (Å²) in [6.07, 6.45) is 4.41. The Morgan fingerprint density at radius 3 is 2.89 bits per heavy atom. The number of rotatable bonds is 8. The minimum absolute atomic E-state index is 0.226. The second-order valence-corrected chi connectivity index (χ2v) is 4.31. The fourth-order valence-electron chi connectivity index (χ4n) is 1.93. The molecule has 0 bridgehead atoms. The van der Waals surface area contributed by atoms with Crippen LogP contribution in [0, 0.1) is 5.82 Å². The van der Waals surface area contributed by atoms with Crippen molar-refractivity contribution < 1.29 is 9.13 Å². The van der Waals surface area contributed by atoms with Crippen LogP contribution in [0.1, 0.15) is 25.3 Å². The summed E-state index contributed by atoms with van der Waals surface area (Å²) in [6.45, 7) is 6.80. The van der Waals surface area contributed by atoms with Gasteiger partial charge in [0.25, 0.3) is 0 Å². The number of halogens is 1. The first-order valence-corrected chi connectivity index (χ1v) is 6.38. The molecule has 1 unspecified atom stereocenters. The SMILES string of the molecule is C=CCC(Cc1cccc(OC)c1F)NCCC. The Kier molecular flexibility index (Phi) is 6.44. The van der Waals surface area contributed by atoms with Gasteiger partial charge < -0.3 is 10.1 Å². The Labute approximate surface area is 109 Å². The number of benzene rings is 1. The van der Waals surface area contributed by atoms with Crippen molar-refractivity contribution in [3.63, 3.8) is 0 Å². The Hall–Kier alpha value is -1.35. The van der Waals surface area contributed by atoms with Crippen molar-refractivity contribution in [1.29, 1.82) is 0 Å². The molecule has 0 saturated heterocycles. The van der Waals surface area contributed by atoms with Gasteiger partial charge in [-0.05, 0) is 37.4 Å². The van der Waals surface area contributed by atoms with E-state index in [4.69, 9.17) is 4.74 Å². The van der Waals surface area contributed by atoms with Crippen LogP contribution in [0.15, 0.2) is 30.9 Å². The molecule has 2 nitrogen and oxygen atoms in total. The van der Waals surface area contributed by atoms with E-state index in [9.17, 15) is 4.39 Å². The first-order valence-electron chi connectivity index (χ1n) is 6.38. The minimum atomic E-state index is -0.257. The second-order valence-electron chi connectivity index (χ2n) is 4.31. The summed E-state index contributed by atoms with van der Waals surface area (Å²) in [5.41, 5.74) is 0.685. The lowest BCUT2D eigenvalue weighted by Gasteiger charge is -2.17. The Balaban J connectivity index is 2.76. The molecule has 1 N–H and O–H groups in total. The standard InChI is InChI=1S/C15H22FNO/c1-4-7-13(17-10-5-2)11-12-8-6-9-14(18-3)15(12)16/h4,6,8-9,13,17H,1,5,7,10-11H2,2-3H3. The minimum Gasteiger partial charge on any atom is -0.494 e. The predicted octanol–water partition coefficient (Wildman–Crippen LogP) is 3.32. The molecule has 0 aliphatic carbocycles. The third kappa shape index (κ3) is 4.15. The van der Waals surface area contributed by atoms with Crippen molar-refractivity contribution in [3.8, 4) is 5.75 Å². The van der Waals surface area contributed by atoms with Crippen LogP contribution in [0.5, 0.6) is 5.75 Å². The summed E-state index contributed by atoms with van der Waals surface area (Å²) in [5.74, 6) is 0.0488. The van der Waals surface area contributed by atoms with E-state index in [1.54, 1.807) is 6.07 Å². The molecule has 1 atom stereocenters. The van der Waals surface area contributed by atoms with Crippen LogP contribution in [-0.2, 0) is 6.42 Å². The van der Waals surface area contributed by atoms with Gasteiger partial charge in [-0.25, -0.2) is 4.39 Å². The highest BCUT2D eigenvalue weighted by atomic mass is 19.1. The number of hydrogen-bond donors (Lipinski definition) is 1. The first-order chi connectivity index (χ1) is 8.72. The van der Waals surface area contributed by atoms with Crippen molar-refractivity contribution >= 4 is 0 Å². The molecule has 0 heterocycles. The number of nitrogens with one attached hydrogen (secondary N) is 1. The predicted molar refractivity (Wildman–Crippen MR) is 73.6 cm³/mol. The number of methoxy groups -OCH3 is 1. The molecular weight excluding hydrogens is 229 g/mol. The Bertz CT molecular complexity index is 379. The molecule has 0 aromatic heterocycles. The number of hydrogen-bond acceptors (Lipinski definition) is 2. The van der Waals surface area contributed by atoms with Crippen LogP contribution >= 0.6 is 0 Å². The molecule has 0 radical (unpaired) electrons. The van der Waals surface area contributed by atoms with Crippen LogP contribution in [0.25, 0.3) is 0 Å². The van der Waals surface area contributed by atoms with E-state index < -0.39 is 0 Å². The van der Waals surface area contributed by atoms with Crippen molar-refractivity contribution in [3.05, 3.63) is 42.2 Å². The normalized spacial score (nSPS) is 12.2. The van der Waals surface area contributed by atoms with Gasteiger partial charge in [0, 0.05) is 6.04 Å². The summed E-state index contributed by atoms with van der Waals surface area (Å²) in [6, 6.07) is 5.49. The molecule has 3 heteroatoms. The van der Waals surface area contributed by atoms with Crippen LogP contribution in [0.2, 0.25) is 0 Å². The molecule has 0 aliphatic heterocycles. The summed E-state index contributed by atoms with van der Waals surface area (Å²) >= 11 is 0. The highest BCUT2D eigenvalue weighted by Gasteiger charge is 2.13. The zero-order valence-corrected chi connectivity index (χ0v) is 11.2. The van der Waals surface area contributed by atoms with Gasteiger partial charge in [-0.3, -0.25) is 0 Å². The second kappa shape index (κ2) is 7.88. The molecule has 0 fully saturated rings. The van der Waals surface area contributed by atoms with E-state index >= 15 is 0 Å². The van der Waals surface area contributed by atoms with Crippen LogP contribution in [0.3, 0.4) is 0 Å². The monoisotopic (exact) mass is 251 g/mol. The average Bonchev–Trinajstić information content (AvgIpc) is 2.38. The Morgan fingerprint density at radius 2 is 2.28 bits per heavy atom. The fraction of sp³-hybridized carbons (Fsp3) is 0.467. The van der Waals surface area contributed by atoms with Gasteiger partial charge in [0.05, 0.1) is 7.11 Å². The molecule has 100 valence electrons. The number of ether oxygens (including phenoxy) is 1. The highest BCUT2D eigenvalue weighted by molar-refractivity contribution is 5.31. The largest absolute Gasteiger partial charge is 0.494 e. The molecule has 1 aromatic rings. The van der Waals surface area contributed by atoms with E-state index in [2.05, 4.69) is 18.8 Å². The van der Waals surface area contributed by atoms with Crippen LogP contribution in [0.4, 0.5) is 4.39 Å². The van der Waals surface area contributed by atoms with Gasteiger partial charge in [0.1, 0.15) is 0 Å². The highest BCUT2D eigenvalue weighted by Crippen LogP contribution is 2.21. The quantitative estimate of drug-likeness (QED) is 0.716. The maximum Gasteiger partial charge on any atom is 0.168 e. The average molecular weight is 251 g/mol. The van der Waals surface area contributed by atoms with E-state index in [1.165, 1.54) is 7.11 Å². The maximum absolute atomic E-state index is 14.0. The third-order valence-electron chi connectivity index (χ3n) is 2.86. The topological polar surface area (TPSA) is 21.3 Å². The zero-order valence-electron chi connectivity index (χ0n) is 11.2. The molecule has 1 rings (SSSR count). The van der Waals surface area contributed by atoms with E-state index in [0.29, 0.717) is 17.7 Å². The molecular formula is C15H22FNO. The Morgan fingerprint density at radius 1 is 1.50 bits per heavy atom. The lowest BCUT2D eigenvalue weighted by Crippen LogP contribution is -2.31. The van der Waals surface area contributed by atoms with Crippen molar-refractivity contribution in [2.75, 3.05) is 13.7 Å².